The number of hydrazone groups is 1. The van der Waals surface area contributed by atoms with Crippen LogP contribution in [0.25, 0.3) is 0 Å². The standard InChI is InChI=1S/C18H23Cl2N3O/c1-17(13-18(17,19)20)16(24)22-21-15-8-11-23(12-9-15)10-7-14-5-3-2-4-6-14/h2-6H,7-13H2,1H3,(H,22,24). The van der Waals surface area contributed by atoms with Crippen LogP contribution in [-0.2, 0) is 11.2 Å². The van der Waals surface area contributed by atoms with Crippen LogP contribution in [0.15, 0.2) is 35.4 Å². The van der Waals surface area contributed by atoms with Gasteiger partial charge in [0.2, 0.25) is 5.91 Å². The second-order valence-corrected chi connectivity index (χ2v) is 8.39. The van der Waals surface area contributed by atoms with Crippen molar-refractivity contribution in [3.63, 3.8) is 0 Å². The van der Waals surface area contributed by atoms with Crippen LogP contribution in [-0.4, -0.2) is 40.5 Å². The summed E-state index contributed by atoms with van der Waals surface area (Å²) in [6.07, 6.45) is 3.32. The molecular weight excluding hydrogens is 345 g/mol. The van der Waals surface area contributed by atoms with E-state index in [0.717, 1.165) is 44.6 Å². The van der Waals surface area contributed by atoms with E-state index in [1.54, 1.807) is 6.92 Å². The van der Waals surface area contributed by atoms with E-state index in [1.165, 1.54) is 5.56 Å². The maximum Gasteiger partial charge on any atom is 0.249 e. The Bertz CT molecular complexity index is 622. The highest BCUT2D eigenvalue weighted by Gasteiger charge is 2.68. The number of amides is 1. The summed E-state index contributed by atoms with van der Waals surface area (Å²) in [6, 6.07) is 10.5. The lowest BCUT2D eigenvalue weighted by molar-refractivity contribution is -0.125. The quantitative estimate of drug-likeness (QED) is 0.640. The third kappa shape index (κ3) is 3.93. The van der Waals surface area contributed by atoms with Gasteiger partial charge in [-0.15, -0.1) is 23.2 Å². The number of piperidine rings is 1. The molecule has 0 radical (unpaired) electrons. The molecule has 1 amide bonds. The Kier molecular flexibility index (Phi) is 5.19. The first kappa shape index (κ1) is 17.7. The van der Waals surface area contributed by atoms with Crippen LogP contribution in [0.1, 0.15) is 31.7 Å². The van der Waals surface area contributed by atoms with Crippen molar-refractivity contribution in [2.75, 3.05) is 19.6 Å². The molecule has 0 spiro atoms. The van der Waals surface area contributed by atoms with Crippen molar-refractivity contribution >= 4 is 34.8 Å². The van der Waals surface area contributed by atoms with Gasteiger partial charge in [-0.1, -0.05) is 30.3 Å². The molecule has 1 saturated heterocycles. The minimum atomic E-state index is -0.946. The molecule has 0 bridgehead atoms. The fraction of sp³-hybridized carbons (Fsp3) is 0.556. The van der Waals surface area contributed by atoms with E-state index in [4.69, 9.17) is 23.2 Å². The van der Waals surface area contributed by atoms with E-state index < -0.39 is 9.75 Å². The summed E-state index contributed by atoms with van der Waals surface area (Å²) in [5.74, 6) is -0.188. The summed E-state index contributed by atoms with van der Waals surface area (Å²) < 4.78 is -0.946. The van der Waals surface area contributed by atoms with Gasteiger partial charge in [0.1, 0.15) is 4.33 Å². The van der Waals surface area contributed by atoms with Gasteiger partial charge in [0.25, 0.3) is 0 Å². The highest BCUT2D eigenvalue weighted by atomic mass is 35.5. The molecule has 1 aromatic rings. The number of likely N-dealkylation sites (tertiary alicyclic amines) is 1. The Morgan fingerprint density at radius 1 is 1.25 bits per heavy atom. The van der Waals surface area contributed by atoms with Crippen LogP contribution < -0.4 is 5.43 Å². The molecule has 1 aromatic carbocycles. The first-order valence-electron chi connectivity index (χ1n) is 8.41. The predicted octanol–water partition coefficient (Wildman–Crippen LogP) is 3.38. The molecule has 24 heavy (non-hydrogen) atoms. The van der Waals surface area contributed by atoms with Gasteiger partial charge >= 0.3 is 0 Å². The lowest BCUT2D eigenvalue weighted by atomic mass is 10.1. The molecule has 6 heteroatoms. The Morgan fingerprint density at radius 2 is 1.88 bits per heavy atom. The average molecular weight is 368 g/mol. The maximum atomic E-state index is 12.1. The summed E-state index contributed by atoms with van der Waals surface area (Å²) in [5.41, 5.74) is 4.34. The van der Waals surface area contributed by atoms with E-state index in [-0.39, 0.29) is 5.91 Å². The second kappa shape index (κ2) is 7.03. The highest BCUT2D eigenvalue weighted by molar-refractivity contribution is 6.53. The largest absolute Gasteiger partial charge is 0.302 e. The monoisotopic (exact) mass is 367 g/mol. The van der Waals surface area contributed by atoms with Gasteiger partial charge in [0.15, 0.2) is 0 Å². The third-order valence-electron chi connectivity index (χ3n) is 5.07. The van der Waals surface area contributed by atoms with Gasteiger partial charge < -0.3 is 4.90 Å². The van der Waals surface area contributed by atoms with Crippen LogP contribution in [0.5, 0.6) is 0 Å². The molecule has 1 atom stereocenters. The van der Waals surface area contributed by atoms with E-state index >= 15 is 0 Å². The normalized spacial score (nSPS) is 26.0. The molecule has 3 rings (SSSR count). The molecule has 1 N–H and O–H groups in total. The Balaban J connectivity index is 1.41. The molecule has 1 unspecified atom stereocenters. The van der Waals surface area contributed by atoms with Crippen molar-refractivity contribution < 1.29 is 4.79 Å². The number of nitrogens with zero attached hydrogens (tertiary/aromatic N) is 2. The van der Waals surface area contributed by atoms with Crippen LogP contribution in [0, 0.1) is 5.41 Å². The average Bonchev–Trinajstić information content (AvgIpc) is 3.12. The summed E-state index contributed by atoms with van der Waals surface area (Å²) in [6.45, 7) is 4.79. The van der Waals surface area contributed by atoms with Crippen molar-refractivity contribution in [3.05, 3.63) is 35.9 Å². The smallest absolute Gasteiger partial charge is 0.249 e. The van der Waals surface area contributed by atoms with Crippen molar-refractivity contribution in [2.45, 2.75) is 36.9 Å². The fourth-order valence-corrected chi connectivity index (χ4v) is 3.68. The van der Waals surface area contributed by atoms with E-state index in [0.29, 0.717) is 6.42 Å². The number of carbonyl (C=O) groups excluding carboxylic acids is 1. The van der Waals surface area contributed by atoms with Gasteiger partial charge in [-0.05, 0) is 25.3 Å². The number of hydrogen-bond acceptors (Lipinski definition) is 3. The van der Waals surface area contributed by atoms with Crippen LogP contribution in [0.3, 0.4) is 0 Å². The van der Waals surface area contributed by atoms with Crippen LogP contribution in [0.4, 0.5) is 0 Å². The zero-order valence-corrected chi connectivity index (χ0v) is 15.4. The maximum absolute atomic E-state index is 12.1. The number of rotatable bonds is 5. The number of alkyl halides is 2. The molecule has 1 saturated carbocycles. The molecule has 1 aliphatic heterocycles. The Labute approximate surface area is 153 Å². The van der Waals surface area contributed by atoms with Crippen molar-refractivity contribution in [1.29, 1.82) is 0 Å². The number of benzene rings is 1. The second-order valence-electron chi connectivity index (χ2n) is 6.91. The molecule has 1 aliphatic carbocycles. The van der Waals surface area contributed by atoms with Gasteiger partial charge in [0, 0.05) is 38.2 Å². The van der Waals surface area contributed by atoms with Crippen molar-refractivity contribution in [1.82, 2.24) is 10.3 Å². The van der Waals surface area contributed by atoms with Crippen LogP contribution >= 0.6 is 23.2 Å². The molecule has 4 nitrogen and oxygen atoms in total. The fourth-order valence-electron chi connectivity index (χ4n) is 2.98. The minimum Gasteiger partial charge on any atom is -0.302 e. The van der Waals surface area contributed by atoms with Crippen molar-refractivity contribution in [2.24, 2.45) is 10.5 Å². The summed E-state index contributed by atoms with van der Waals surface area (Å²) in [7, 11) is 0. The minimum absolute atomic E-state index is 0.188. The third-order valence-corrected chi connectivity index (χ3v) is 6.17. The van der Waals surface area contributed by atoms with Gasteiger partial charge in [-0.25, -0.2) is 5.43 Å². The molecule has 130 valence electrons. The first-order valence-corrected chi connectivity index (χ1v) is 9.16. The zero-order chi connectivity index (χ0) is 17.2. The summed E-state index contributed by atoms with van der Waals surface area (Å²) >= 11 is 12.0. The lowest BCUT2D eigenvalue weighted by Gasteiger charge is -2.27. The first-order chi connectivity index (χ1) is 11.4. The topological polar surface area (TPSA) is 44.7 Å². The molecule has 1 heterocycles. The number of nitrogens with one attached hydrogen (secondary N) is 1. The van der Waals surface area contributed by atoms with E-state index in [9.17, 15) is 4.79 Å². The van der Waals surface area contributed by atoms with E-state index in [1.807, 2.05) is 6.07 Å². The Morgan fingerprint density at radius 3 is 2.46 bits per heavy atom. The van der Waals surface area contributed by atoms with Crippen LogP contribution in [0.2, 0.25) is 0 Å². The van der Waals surface area contributed by atoms with Gasteiger partial charge in [0.05, 0.1) is 5.41 Å². The number of halogens is 2. The summed E-state index contributed by atoms with van der Waals surface area (Å²) in [5, 5.41) is 4.28. The predicted molar refractivity (Wildman–Crippen MR) is 98.6 cm³/mol. The molecule has 2 fully saturated rings. The Hall–Kier alpha value is -1.10. The zero-order valence-electron chi connectivity index (χ0n) is 13.9. The SMILES string of the molecule is CC1(C(=O)NN=C2CCN(CCc3ccccc3)CC2)CC1(Cl)Cl. The molecular formula is C18H23Cl2N3O. The number of hydrogen-bond donors (Lipinski definition) is 1. The van der Waals surface area contributed by atoms with Crippen molar-refractivity contribution in [3.8, 4) is 0 Å². The molecule has 0 aromatic heterocycles. The highest BCUT2D eigenvalue weighted by Crippen LogP contribution is 2.63. The lowest BCUT2D eigenvalue weighted by Crippen LogP contribution is -2.37. The summed E-state index contributed by atoms with van der Waals surface area (Å²) in [4.78, 5) is 14.6. The van der Waals surface area contributed by atoms with E-state index in [2.05, 4.69) is 39.7 Å². The molecule has 2 aliphatic rings. The number of carbonyl (C=O) groups is 1. The van der Waals surface area contributed by atoms with Gasteiger partial charge in [-0.3, -0.25) is 4.79 Å². The van der Waals surface area contributed by atoms with Gasteiger partial charge in [-0.2, -0.15) is 5.10 Å².